The molecule has 5 heteroatoms. The van der Waals surface area contributed by atoms with Crippen molar-refractivity contribution < 1.29 is 4.74 Å². The van der Waals surface area contributed by atoms with Crippen LogP contribution in [0.2, 0.25) is 0 Å². The number of nitrogens with two attached hydrogens (primary N) is 1. The van der Waals surface area contributed by atoms with Gasteiger partial charge < -0.3 is 10.5 Å². The lowest BCUT2D eigenvalue weighted by Gasteiger charge is -2.13. The molecule has 0 fully saturated rings. The van der Waals surface area contributed by atoms with Crippen molar-refractivity contribution in [1.82, 2.24) is 5.01 Å². The summed E-state index contributed by atoms with van der Waals surface area (Å²) < 4.78 is 5.64. The van der Waals surface area contributed by atoms with Gasteiger partial charge in [-0.1, -0.05) is 32.0 Å². The van der Waals surface area contributed by atoms with Crippen LogP contribution in [0.25, 0.3) is 0 Å². The van der Waals surface area contributed by atoms with Crippen molar-refractivity contribution in [2.24, 2.45) is 10.8 Å². The van der Waals surface area contributed by atoms with Crippen LogP contribution in [0.5, 0.6) is 5.75 Å². The standard InChI is InChI=1S/C13H20N4O/c1-10(2)11-6-4-5-7-12(11)18-9-8-16-17(3)13(14)15/h4-8,10H,9H2,1-3H3,(H3,14,15)/b16-8-. The zero-order valence-corrected chi connectivity index (χ0v) is 11.1. The third-order valence-electron chi connectivity index (χ3n) is 2.46. The predicted molar refractivity (Wildman–Crippen MR) is 74.2 cm³/mol. The lowest BCUT2D eigenvalue weighted by atomic mass is 10.0. The Morgan fingerprint density at radius 1 is 1.50 bits per heavy atom. The number of hydrogen-bond donors (Lipinski definition) is 2. The summed E-state index contributed by atoms with van der Waals surface area (Å²) in [7, 11) is 1.61. The lowest BCUT2D eigenvalue weighted by Crippen LogP contribution is -2.28. The molecule has 1 aromatic carbocycles. The molecule has 0 heterocycles. The van der Waals surface area contributed by atoms with E-state index in [9.17, 15) is 0 Å². The minimum absolute atomic E-state index is 0.103. The predicted octanol–water partition coefficient (Wildman–Crippen LogP) is 2.00. The third-order valence-corrected chi connectivity index (χ3v) is 2.46. The van der Waals surface area contributed by atoms with Gasteiger partial charge in [0.2, 0.25) is 5.96 Å². The van der Waals surface area contributed by atoms with Crippen LogP contribution in [0.1, 0.15) is 25.3 Å². The molecule has 0 atom stereocenters. The maximum absolute atomic E-state index is 7.14. The molecule has 0 unspecified atom stereocenters. The average molecular weight is 248 g/mol. The van der Waals surface area contributed by atoms with E-state index in [2.05, 4.69) is 25.0 Å². The van der Waals surface area contributed by atoms with Crippen LogP contribution in [-0.2, 0) is 0 Å². The molecule has 0 saturated carbocycles. The van der Waals surface area contributed by atoms with Crippen molar-refractivity contribution >= 4 is 12.2 Å². The zero-order chi connectivity index (χ0) is 13.5. The first-order valence-corrected chi connectivity index (χ1v) is 5.84. The van der Waals surface area contributed by atoms with Crippen LogP contribution in [0.4, 0.5) is 0 Å². The van der Waals surface area contributed by atoms with E-state index < -0.39 is 0 Å². The van der Waals surface area contributed by atoms with Gasteiger partial charge in [-0.2, -0.15) is 5.10 Å². The highest BCUT2D eigenvalue weighted by atomic mass is 16.5. The van der Waals surface area contributed by atoms with Gasteiger partial charge in [-0.15, -0.1) is 0 Å². The summed E-state index contributed by atoms with van der Waals surface area (Å²) in [5, 5.41) is 12.4. The Bertz CT molecular complexity index is 429. The minimum atomic E-state index is -0.103. The molecule has 18 heavy (non-hydrogen) atoms. The third kappa shape index (κ3) is 4.08. The fraction of sp³-hybridized carbons (Fsp3) is 0.385. The van der Waals surface area contributed by atoms with Crippen molar-refractivity contribution in [3.8, 4) is 5.75 Å². The second-order valence-electron chi connectivity index (χ2n) is 4.21. The van der Waals surface area contributed by atoms with Gasteiger partial charge in [0.25, 0.3) is 0 Å². The van der Waals surface area contributed by atoms with Gasteiger partial charge in [0, 0.05) is 7.05 Å². The summed E-state index contributed by atoms with van der Waals surface area (Å²) in [4.78, 5) is 0. The Balaban J connectivity index is 2.56. The first-order valence-electron chi connectivity index (χ1n) is 5.84. The highest BCUT2D eigenvalue weighted by Gasteiger charge is 2.05. The number of para-hydroxylation sites is 1. The molecule has 5 nitrogen and oxygen atoms in total. The summed E-state index contributed by atoms with van der Waals surface area (Å²) >= 11 is 0. The molecule has 0 amide bonds. The minimum Gasteiger partial charge on any atom is -0.488 e. The highest BCUT2D eigenvalue weighted by Crippen LogP contribution is 2.25. The molecule has 0 aliphatic rings. The van der Waals surface area contributed by atoms with Crippen LogP contribution >= 0.6 is 0 Å². The number of nitrogens with one attached hydrogen (secondary N) is 1. The Morgan fingerprint density at radius 3 is 2.78 bits per heavy atom. The summed E-state index contributed by atoms with van der Waals surface area (Å²) in [5.74, 6) is 1.18. The van der Waals surface area contributed by atoms with Gasteiger partial charge >= 0.3 is 0 Å². The van der Waals surface area contributed by atoms with E-state index in [0.717, 1.165) is 5.75 Å². The molecule has 0 aromatic heterocycles. The van der Waals surface area contributed by atoms with Crippen molar-refractivity contribution in [2.45, 2.75) is 19.8 Å². The fourth-order valence-corrected chi connectivity index (χ4v) is 1.43. The van der Waals surface area contributed by atoms with Crippen molar-refractivity contribution in [1.29, 1.82) is 5.41 Å². The van der Waals surface area contributed by atoms with Gasteiger partial charge in [-0.05, 0) is 17.5 Å². The van der Waals surface area contributed by atoms with E-state index in [1.165, 1.54) is 10.6 Å². The summed E-state index contributed by atoms with van der Waals surface area (Å²) in [6.45, 7) is 4.60. The summed E-state index contributed by atoms with van der Waals surface area (Å²) in [5.41, 5.74) is 6.42. The largest absolute Gasteiger partial charge is 0.488 e. The van der Waals surface area contributed by atoms with E-state index in [4.69, 9.17) is 15.9 Å². The molecular formula is C13H20N4O. The number of guanidine groups is 1. The second kappa shape index (κ2) is 6.64. The zero-order valence-electron chi connectivity index (χ0n) is 11.1. The van der Waals surface area contributed by atoms with Crippen LogP contribution < -0.4 is 10.5 Å². The molecule has 0 saturated heterocycles. The molecule has 1 aromatic rings. The number of ether oxygens (including phenoxy) is 1. The van der Waals surface area contributed by atoms with Crippen molar-refractivity contribution in [3.05, 3.63) is 29.8 Å². The van der Waals surface area contributed by atoms with Gasteiger partial charge in [-0.3, -0.25) is 5.41 Å². The molecule has 0 spiro atoms. The first kappa shape index (κ1) is 14.0. The number of hydrazone groups is 1. The Labute approximate surface area is 108 Å². The molecule has 0 aliphatic carbocycles. The first-order chi connectivity index (χ1) is 8.52. The van der Waals surface area contributed by atoms with Crippen LogP contribution in [0, 0.1) is 5.41 Å². The monoisotopic (exact) mass is 248 g/mol. The Hall–Kier alpha value is -2.04. The topological polar surface area (TPSA) is 74.7 Å². The molecule has 1 rings (SSSR count). The normalized spacial score (nSPS) is 10.9. The van der Waals surface area contributed by atoms with Gasteiger partial charge in [-0.25, -0.2) is 5.01 Å². The van der Waals surface area contributed by atoms with Crippen LogP contribution in [-0.4, -0.2) is 30.8 Å². The van der Waals surface area contributed by atoms with E-state index in [1.54, 1.807) is 13.3 Å². The molecule has 0 radical (unpaired) electrons. The Morgan fingerprint density at radius 2 is 2.17 bits per heavy atom. The van der Waals surface area contributed by atoms with Gasteiger partial charge in [0.15, 0.2) is 0 Å². The number of rotatable bonds is 5. The SMILES string of the molecule is CC(C)c1ccccc1OC/C=N\N(C)C(=N)N. The Kier molecular flexibility index (Phi) is 5.17. The van der Waals surface area contributed by atoms with Crippen LogP contribution in [0.3, 0.4) is 0 Å². The average Bonchev–Trinajstić information content (AvgIpc) is 2.34. The van der Waals surface area contributed by atoms with E-state index in [1.807, 2.05) is 18.2 Å². The number of benzene rings is 1. The highest BCUT2D eigenvalue weighted by molar-refractivity contribution is 5.75. The summed E-state index contributed by atoms with van der Waals surface area (Å²) in [6, 6.07) is 7.94. The maximum atomic E-state index is 7.14. The van der Waals surface area contributed by atoms with Gasteiger partial charge in [0.1, 0.15) is 12.4 Å². The molecule has 3 N–H and O–H groups in total. The molecule has 98 valence electrons. The number of hydrogen-bond acceptors (Lipinski definition) is 3. The van der Waals surface area contributed by atoms with E-state index >= 15 is 0 Å². The smallest absolute Gasteiger partial charge is 0.208 e. The van der Waals surface area contributed by atoms with E-state index in [-0.39, 0.29) is 5.96 Å². The molecular weight excluding hydrogens is 228 g/mol. The van der Waals surface area contributed by atoms with Gasteiger partial charge in [0.05, 0.1) is 6.21 Å². The number of nitrogens with zero attached hydrogens (tertiary/aromatic N) is 2. The summed E-state index contributed by atoms with van der Waals surface area (Å²) in [6.07, 6.45) is 1.58. The second-order valence-corrected chi connectivity index (χ2v) is 4.21. The van der Waals surface area contributed by atoms with Crippen molar-refractivity contribution in [3.63, 3.8) is 0 Å². The fourth-order valence-electron chi connectivity index (χ4n) is 1.43. The van der Waals surface area contributed by atoms with Crippen molar-refractivity contribution in [2.75, 3.05) is 13.7 Å². The molecule has 0 bridgehead atoms. The quantitative estimate of drug-likeness (QED) is 0.475. The van der Waals surface area contributed by atoms with E-state index in [0.29, 0.717) is 12.5 Å². The molecule has 0 aliphatic heterocycles. The lowest BCUT2D eigenvalue weighted by molar-refractivity contribution is 0.371. The van der Waals surface area contributed by atoms with Crippen LogP contribution in [0.15, 0.2) is 29.4 Å². The maximum Gasteiger partial charge on any atom is 0.208 e.